The highest BCUT2D eigenvalue weighted by atomic mass is 79.9. The molecule has 0 radical (unpaired) electrons. The molecule has 0 aromatic heterocycles. The number of Topliss-reactive ketones (excluding diaryl/α,β-unsaturated/α-hetero) is 1. The Bertz CT molecular complexity index is 363. The third-order valence-corrected chi connectivity index (χ3v) is 2.72. The van der Waals surface area contributed by atoms with Crippen molar-refractivity contribution in [1.82, 2.24) is 0 Å². The molecule has 0 atom stereocenters. The third-order valence-electron chi connectivity index (χ3n) is 1.68. The van der Waals surface area contributed by atoms with Crippen molar-refractivity contribution in [2.45, 2.75) is 13.8 Å². The van der Waals surface area contributed by atoms with Gasteiger partial charge in [-0.25, -0.2) is 0 Å². The fraction of sp³-hybridized carbons (Fsp3) is 0.300. The Morgan fingerprint density at radius 1 is 1.57 bits per heavy atom. The predicted octanol–water partition coefficient (Wildman–Crippen LogP) is 3.70. The fourth-order valence-electron chi connectivity index (χ4n) is 1.08. The summed E-state index contributed by atoms with van der Waals surface area (Å²) < 4.78 is 5.99. The lowest BCUT2D eigenvalue weighted by atomic mass is 10.1. The van der Waals surface area contributed by atoms with E-state index in [1.165, 1.54) is 6.92 Å². The highest BCUT2D eigenvalue weighted by Crippen LogP contribution is 2.32. The van der Waals surface area contributed by atoms with Gasteiger partial charge in [0.05, 0.1) is 11.1 Å². The number of ketones is 1. The minimum absolute atomic E-state index is 0.0414. The summed E-state index contributed by atoms with van der Waals surface area (Å²) in [7, 11) is 0. The molecule has 0 fully saturated rings. The maximum Gasteiger partial charge on any atom is 0.161 e. The van der Waals surface area contributed by atoms with E-state index < -0.39 is 0 Å². The first-order valence-electron chi connectivity index (χ1n) is 4.19. The molecule has 0 saturated heterocycles. The van der Waals surface area contributed by atoms with E-state index in [-0.39, 0.29) is 5.78 Å². The molecule has 0 amide bonds. The lowest BCUT2D eigenvalue weighted by Crippen LogP contribution is -1.98. The quantitative estimate of drug-likeness (QED) is 0.787. The van der Waals surface area contributed by atoms with Gasteiger partial charge in [0.15, 0.2) is 5.78 Å². The Hall–Kier alpha value is -0.540. The molecule has 1 rings (SSSR count). The largest absolute Gasteiger partial charge is 0.493 e. The van der Waals surface area contributed by atoms with Crippen LogP contribution in [0.4, 0.5) is 0 Å². The smallest absolute Gasteiger partial charge is 0.161 e. The van der Waals surface area contributed by atoms with Crippen LogP contribution in [0.3, 0.4) is 0 Å². The third kappa shape index (κ3) is 2.49. The number of carbonyl (C=O) groups is 1. The normalized spacial score (nSPS) is 10.0. The minimum Gasteiger partial charge on any atom is -0.493 e. The van der Waals surface area contributed by atoms with Gasteiger partial charge in [-0.05, 0) is 41.9 Å². The van der Waals surface area contributed by atoms with Gasteiger partial charge in [-0.15, -0.1) is 0 Å². The molecule has 76 valence electrons. The monoisotopic (exact) mass is 276 g/mol. The lowest BCUT2D eigenvalue weighted by Gasteiger charge is -2.09. The molecule has 0 aliphatic carbocycles. The Morgan fingerprint density at radius 2 is 2.21 bits per heavy atom. The van der Waals surface area contributed by atoms with E-state index >= 15 is 0 Å². The number of hydrogen-bond donors (Lipinski definition) is 0. The summed E-state index contributed by atoms with van der Waals surface area (Å²) in [4.78, 5) is 11.2. The summed E-state index contributed by atoms with van der Waals surface area (Å²) in [5, 5.41) is 0.502. The van der Waals surface area contributed by atoms with Crippen molar-refractivity contribution >= 4 is 33.3 Å². The second kappa shape index (κ2) is 4.80. The number of hydrogen-bond acceptors (Lipinski definition) is 2. The van der Waals surface area contributed by atoms with Gasteiger partial charge in [0, 0.05) is 10.6 Å². The number of ether oxygens (including phenoxy) is 1. The van der Waals surface area contributed by atoms with Crippen LogP contribution in [0.25, 0.3) is 0 Å². The van der Waals surface area contributed by atoms with Crippen molar-refractivity contribution in [3.8, 4) is 5.75 Å². The molecular weight excluding hydrogens is 267 g/mol. The molecule has 0 unspecified atom stereocenters. The van der Waals surface area contributed by atoms with Gasteiger partial charge in [-0.2, -0.15) is 0 Å². The molecule has 0 heterocycles. The standard InChI is InChI=1S/C10H10BrClO2/c1-3-14-9-5-7(12)4-8(6(2)13)10(9)11/h4-5H,3H2,1-2H3. The van der Waals surface area contributed by atoms with E-state index in [1.54, 1.807) is 12.1 Å². The number of rotatable bonds is 3. The summed E-state index contributed by atoms with van der Waals surface area (Å²) in [5.74, 6) is 0.561. The van der Waals surface area contributed by atoms with Gasteiger partial charge in [0.25, 0.3) is 0 Å². The van der Waals surface area contributed by atoms with Crippen molar-refractivity contribution in [2.24, 2.45) is 0 Å². The van der Waals surface area contributed by atoms with Crippen LogP contribution < -0.4 is 4.74 Å². The summed E-state index contributed by atoms with van der Waals surface area (Å²) in [6, 6.07) is 3.30. The van der Waals surface area contributed by atoms with Crippen molar-refractivity contribution in [1.29, 1.82) is 0 Å². The first-order valence-corrected chi connectivity index (χ1v) is 5.36. The zero-order valence-electron chi connectivity index (χ0n) is 7.93. The van der Waals surface area contributed by atoms with E-state index in [0.29, 0.717) is 27.4 Å². The van der Waals surface area contributed by atoms with E-state index in [0.717, 1.165) is 0 Å². The van der Waals surface area contributed by atoms with Gasteiger partial charge < -0.3 is 4.74 Å². The molecule has 0 aliphatic rings. The topological polar surface area (TPSA) is 26.3 Å². The molecular formula is C10H10BrClO2. The average molecular weight is 278 g/mol. The molecule has 0 saturated carbocycles. The molecule has 1 aromatic rings. The Kier molecular flexibility index (Phi) is 3.96. The van der Waals surface area contributed by atoms with E-state index in [1.807, 2.05) is 6.92 Å². The molecule has 4 heteroatoms. The number of carbonyl (C=O) groups excluding carboxylic acids is 1. The van der Waals surface area contributed by atoms with Crippen LogP contribution in [0.2, 0.25) is 5.02 Å². The van der Waals surface area contributed by atoms with E-state index in [4.69, 9.17) is 16.3 Å². The SMILES string of the molecule is CCOc1cc(Cl)cc(C(C)=O)c1Br. The van der Waals surface area contributed by atoms with Gasteiger partial charge in [-0.1, -0.05) is 11.6 Å². The predicted molar refractivity (Wildman–Crippen MR) is 60.3 cm³/mol. The van der Waals surface area contributed by atoms with Gasteiger partial charge in [0.2, 0.25) is 0 Å². The zero-order chi connectivity index (χ0) is 10.7. The van der Waals surface area contributed by atoms with Crippen LogP contribution in [0.5, 0.6) is 5.75 Å². The Balaban J connectivity index is 3.24. The van der Waals surface area contributed by atoms with Crippen molar-refractivity contribution < 1.29 is 9.53 Å². The Labute approximate surface area is 96.3 Å². The first kappa shape index (κ1) is 11.5. The minimum atomic E-state index is -0.0414. The Morgan fingerprint density at radius 3 is 2.71 bits per heavy atom. The lowest BCUT2D eigenvalue weighted by molar-refractivity contribution is 0.101. The van der Waals surface area contributed by atoms with Crippen LogP contribution in [0, 0.1) is 0 Å². The molecule has 0 N–H and O–H groups in total. The van der Waals surface area contributed by atoms with Gasteiger partial charge in [0.1, 0.15) is 5.75 Å². The zero-order valence-corrected chi connectivity index (χ0v) is 10.3. The molecule has 0 bridgehead atoms. The van der Waals surface area contributed by atoms with Gasteiger partial charge in [-0.3, -0.25) is 4.79 Å². The van der Waals surface area contributed by atoms with E-state index in [9.17, 15) is 4.79 Å². The van der Waals surface area contributed by atoms with Gasteiger partial charge >= 0.3 is 0 Å². The van der Waals surface area contributed by atoms with E-state index in [2.05, 4.69) is 15.9 Å². The van der Waals surface area contributed by atoms with Crippen LogP contribution in [-0.2, 0) is 0 Å². The maximum absolute atomic E-state index is 11.2. The summed E-state index contributed by atoms with van der Waals surface area (Å²) in [6.45, 7) is 3.91. The molecule has 14 heavy (non-hydrogen) atoms. The molecule has 2 nitrogen and oxygen atoms in total. The fourth-order valence-corrected chi connectivity index (χ4v) is 1.91. The summed E-state index contributed by atoms with van der Waals surface area (Å²) in [6.07, 6.45) is 0. The van der Waals surface area contributed by atoms with Crippen molar-refractivity contribution in [3.63, 3.8) is 0 Å². The summed E-state index contributed by atoms with van der Waals surface area (Å²) in [5.41, 5.74) is 0.543. The maximum atomic E-state index is 11.2. The van der Waals surface area contributed by atoms with Crippen molar-refractivity contribution in [2.75, 3.05) is 6.61 Å². The summed E-state index contributed by atoms with van der Waals surface area (Å²) >= 11 is 9.16. The van der Waals surface area contributed by atoms with Crippen LogP contribution in [-0.4, -0.2) is 12.4 Å². The van der Waals surface area contributed by atoms with Crippen molar-refractivity contribution in [3.05, 3.63) is 27.2 Å². The highest BCUT2D eigenvalue weighted by Gasteiger charge is 2.12. The molecule has 0 spiro atoms. The van der Waals surface area contributed by atoms with Crippen LogP contribution >= 0.6 is 27.5 Å². The molecule has 0 aliphatic heterocycles. The number of halogens is 2. The van der Waals surface area contributed by atoms with Crippen LogP contribution in [0.1, 0.15) is 24.2 Å². The number of benzene rings is 1. The first-order chi connectivity index (χ1) is 6.56. The average Bonchev–Trinajstić information content (AvgIpc) is 2.10. The second-order valence-corrected chi connectivity index (χ2v) is 3.98. The highest BCUT2D eigenvalue weighted by molar-refractivity contribution is 9.10. The second-order valence-electron chi connectivity index (χ2n) is 2.75. The molecule has 1 aromatic carbocycles. The van der Waals surface area contributed by atoms with Crippen LogP contribution in [0.15, 0.2) is 16.6 Å².